The molecule has 1 saturated carbocycles. The molecule has 108 valence electrons. The second kappa shape index (κ2) is 5.35. The Morgan fingerprint density at radius 2 is 2.05 bits per heavy atom. The van der Waals surface area contributed by atoms with Crippen LogP contribution in [0.25, 0.3) is 11.1 Å². The summed E-state index contributed by atoms with van der Waals surface area (Å²) in [7, 11) is 2.09. The molecule has 0 bridgehead atoms. The number of nitrogens with zero attached hydrogens (tertiary/aromatic N) is 2. The van der Waals surface area contributed by atoms with Gasteiger partial charge in [-0.25, -0.2) is 0 Å². The first kappa shape index (κ1) is 13.3. The fourth-order valence-electron chi connectivity index (χ4n) is 3.18. The number of fused-ring (bicyclic) bond motifs is 1. The van der Waals surface area contributed by atoms with Gasteiger partial charge in [-0.2, -0.15) is 4.98 Å². The van der Waals surface area contributed by atoms with E-state index in [1.807, 2.05) is 18.2 Å². The van der Waals surface area contributed by atoms with Crippen LogP contribution in [0.5, 0.6) is 0 Å². The Kier molecular flexibility index (Phi) is 3.55. The lowest BCUT2D eigenvalue weighted by Crippen LogP contribution is -2.35. The van der Waals surface area contributed by atoms with Crippen LogP contribution in [-0.2, 0) is 0 Å². The predicted octanol–water partition coefficient (Wildman–Crippen LogP) is 3.82. The minimum absolute atomic E-state index is 0.545. The van der Waals surface area contributed by atoms with E-state index in [2.05, 4.69) is 23.9 Å². The molecule has 1 heterocycles. The van der Waals surface area contributed by atoms with Crippen molar-refractivity contribution >= 4 is 22.8 Å². The van der Waals surface area contributed by atoms with Crippen molar-refractivity contribution in [1.29, 1.82) is 0 Å². The van der Waals surface area contributed by atoms with Crippen LogP contribution in [0.3, 0.4) is 0 Å². The third kappa shape index (κ3) is 2.47. The van der Waals surface area contributed by atoms with Crippen molar-refractivity contribution in [3.8, 4) is 0 Å². The average Bonchev–Trinajstić information content (AvgIpc) is 2.89. The summed E-state index contributed by atoms with van der Waals surface area (Å²) in [6.45, 7) is 2.29. The second-order valence-electron chi connectivity index (χ2n) is 5.92. The maximum atomic E-state index is 5.85. The molecule has 20 heavy (non-hydrogen) atoms. The van der Waals surface area contributed by atoms with Crippen molar-refractivity contribution in [2.45, 2.75) is 45.1 Å². The normalized spacial score (nSPS) is 23.1. The summed E-state index contributed by atoms with van der Waals surface area (Å²) in [5.74, 6) is 0.906. The highest BCUT2D eigenvalue weighted by Gasteiger charge is 2.25. The van der Waals surface area contributed by atoms with E-state index in [0.717, 1.165) is 22.7 Å². The summed E-state index contributed by atoms with van der Waals surface area (Å²) in [5, 5.41) is 0. The Morgan fingerprint density at radius 3 is 2.75 bits per heavy atom. The number of nitrogens with two attached hydrogens (primary N) is 1. The van der Waals surface area contributed by atoms with E-state index >= 15 is 0 Å². The summed E-state index contributed by atoms with van der Waals surface area (Å²) in [6, 6.07) is 6.87. The maximum Gasteiger partial charge on any atom is 0.298 e. The van der Waals surface area contributed by atoms with Crippen molar-refractivity contribution in [1.82, 2.24) is 4.98 Å². The zero-order valence-corrected chi connectivity index (χ0v) is 12.3. The van der Waals surface area contributed by atoms with E-state index in [1.165, 1.54) is 32.1 Å². The van der Waals surface area contributed by atoms with Crippen LogP contribution in [-0.4, -0.2) is 18.1 Å². The molecule has 1 aromatic heterocycles. The van der Waals surface area contributed by atoms with Crippen LogP contribution in [0.1, 0.15) is 39.0 Å². The molecule has 4 nitrogen and oxygen atoms in total. The van der Waals surface area contributed by atoms with Crippen molar-refractivity contribution in [3.63, 3.8) is 0 Å². The van der Waals surface area contributed by atoms with Crippen LogP contribution in [0.15, 0.2) is 22.6 Å². The lowest BCUT2D eigenvalue weighted by Gasteiger charge is -2.33. The van der Waals surface area contributed by atoms with Gasteiger partial charge in [0.25, 0.3) is 6.01 Å². The topological polar surface area (TPSA) is 55.3 Å². The van der Waals surface area contributed by atoms with E-state index in [1.54, 1.807) is 0 Å². The molecule has 1 fully saturated rings. The fourth-order valence-corrected chi connectivity index (χ4v) is 3.18. The molecular formula is C16H23N3O. The molecule has 0 saturated heterocycles. The lowest BCUT2D eigenvalue weighted by atomic mass is 9.84. The first-order valence-corrected chi connectivity index (χ1v) is 7.56. The van der Waals surface area contributed by atoms with Gasteiger partial charge in [0, 0.05) is 18.8 Å². The largest absolute Gasteiger partial charge is 0.423 e. The summed E-state index contributed by atoms with van der Waals surface area (Å²) in [4.78, 5) is 6.76. The molecule has 2 aromatic rings. The highest BCUT2D eigenvalue weighted by molar-refractivity contribution is 5.78. The Morgan fingerprint density at radius 1 is 1.30 bits per heavy atom. The average molecular weight is 273 g/mol. The van der Waals surface area contributed by atoms with E-state index < -0.39 is 0 Å². The highest BCUT2D eigenvalue weighted by Crippen LogP contribution is 2.32. The maximum absolute atomic E-state index is 5.85. The Bertz CT molecular complexity index is 584. The van der Waals surface area contributed by atoms with Crippen LogP contribution in [0.4, 0.5) is 11.7 Å². The van der Waals surface area contributed by atoms with Crippen molar-refractivity contribution in [2.24, 2.45) is 5.92 Å². The van der Waals surface area contributed by atoms with Gasteiger partial charge < -0.3 is 15.1 Å². The first-order valence-electron chi connectivity index (χ1n) is 7.56. The SMILES string of the molecule is CCC1CCC(N(C)c2nc3cc(N)ccc3o2)CC1. The summed E-state index contributed by atoms with van der Waals surface area (Å²) in [5.41, 5.74) is 8.16. The van der Waals surface area contributed by atoms with Crippen LogP contribution in [0, 0.1) is 5.92 Å². The predicted molar refractivity (Wildman–Crippen MR) is 82.9 cm³/mol. The van der Waals surface area contributed by atoms with Crippen molar-refractivity contribution in [2.75, 3.05) is 17.7 Å². The fraction of sp³-hybridized carbons (Fsp3) is 0.562. The Labute approximate surface area is 120 Å². The molecule has 0 aliphatic heterocycles. The van der Waals surface area contributed by atoms with Crippen LogP contribution < -0.4 is 10.6 Å². The molecule has 0 radical (unpaired) electrons. The third-order valence-corrected chi connectivity index (χ3v) is 4.64. The smallest absolute Gasteiger partial charge is 0.298 e. The Balaban J connectivity index is 1.77. The minimum atomic E-state index is 0.545. The van der Waals surface area contributed by atoms with Gasteiger partial charge in [-0.1, -0.05) is 13.3 Å². The third-order valence-electron chi connectivity index (χ3n) is 4.64. The summed E-state index contributed by atoms with van der Waals surface area (Å²) >= 11 is 0. The van der Waals surface area contributed by atoms with Gasteiger partial charge in [0.2, 0.25) is 0 Å². The second-order valence-corrected chi connectivity index (χ2v) is 5.92. The summed E-state index contributed by atoms with van der Waals surface area (Å²) in [6.07, 6.45) is 6.40. The number of benzene rings is 1. The molecule has 1 aliphatic carbocycles. The van der Waals surface area contributed by atoms with Gasteiger partial charge in [-0.3, -0.25) is 0 Å². The molecule has 0 spiro atoms. The molecule has 0 atom stereocenters. The molecule has 3 rings (SSSR count). The molecule has 0 amide bonds. The number of hydrogen-bond donors (Lipinski definition) is 1. The first-order chi connectivity index (χ1) is 9.67. The number of oxazole rings is 1. The molecule has 2 N–H and O–H groups in total. The van der Waals surface area contributed by atoms with Crippen LogP contribution in [0.2, 0.25) is 0 Å². The molecule has 1 aromatic carbocycles. The van der Waals surface area contributed by atoms with E-state index in [0.29, 0.717) is 12.1 Å². The minimum Gasteiger partial charge on any atom is -0.423 e. The van der Waals surface area contributed by atoms with Crippen molar-refractivity contribution < 1.29 is 4.42 Å². The molecule has 4 heteroatoms. The van der Waals surface area contributed by atoms with Gasteiger partial charge in [-0.15, -0.1) is 0 Å². The lowest BCUT2D eigenvalue weighted by molar-refractivity contribution is 0.308. The number of aromatic nitrogens is 1. The van der Waals surface area contributed by atoms with Gasteiger partial charge in [-0.05, 0) is 49.8 Å². The van der Waals surface area contributed by atoms with E-state index in [-0.39, 0.29) is 0 Å². The van der Waals surface area contributed by atoms with Crippen LogP contribution >= 0.6 is 0 Å². The van der Waals surface area contributed by atoms with E-state index in [4.69, 9.17) is 10.2 Å². The monoisotopic (exact) mass is 273 g/mol. The van der Waals surface area contributed by atoms with Gasteiger partial charge in [0.1, 0.15) is 5.52 Å². The standard InChI is InChI=1S/C16H23N3O/c1-3-11-4-7-13(8-5-11)19(2)16-18-14-10-12(17)6-9-15(14)20-16/h6,9-11,13H,3-5,7-8,17H2,1-2H3. The number of hydrogen-bond acceptors (Lipinski definition) is 4. The summed E-state index contributed by atoms with van der Waals surface area (Å²) < 4.78 is 5.85. The molecular weight excluding hydrogens is 250 g/mol. The zero-order chi connectivity index (χ0) is 14.1. The van der Waals surface area contributed by atoms with Gasteiger partial charge in [0.05, 0.1) is 0 Å². The molecule has 1 aliphatic rings. The van der Waals surface area contributed by atoms with Gasteiger partial charge in [0.15, 0.2) is 5.58 Å². The number of anilines is 2. The zero-order valence-electron chi connectivity index (χ0n) is 12.3. The Hall–Kier alpha value is -1.71. The van der Waals surface area contributed by atoms with Crippen molar-refractivity contribution in [3.05, 3.63) is 18.2 Å². The number of rotatable bonds is 3. The quantitative estimate of drug-likeness (QED) is 0.864. The highest BCUT2D eigenvalue weighted by atomic mass is 16.4. The number of nitrogen functional groups attached to an aromatic ring is 1. The van der Waals surface area contributed by atoms with E-state index in [9.17, 15) is 0 Å². The van der Waals surface area contributed by atoms with Gasteiger partial charge >= 0.3 is 0 Å². The molecule has 0 unspecified atom stereocenters.